The van der Waals surface area contributed by atoms with Crippen molar-refractivity contribution in [1.29, 1.82) is 0 Å². The molecule has 118 valence electrons. The Morgan fingerprint density at radius 2 is 1.91 bits per heavy atom. The van der Waals surface area contributed by atoms with Gasteiger partial charge in [-0.1, -0.05) is 0 Å². The monoisotopic (exact) mass is 313 g/mol. The Kier molecular flexibility index (Phi) is 4.23. The molecule has 0 radical (unpaired) electrons. The summed E-state index contributed by atoms with van der Waals surface area (Å²) in [7, 11) is 1.48. The molecule has 1 aromatic carbocycles. The van der Waals surface area contributed by atoms with Gasteiger partial charge in [0.1, 0.15) is 11.4 Å². The van der Waals surface area contributed by atoms with Gasteiger partial charge in [-0.05, 0) is 30.3 Å². The zero-order chi connectivity index (χ0) is 16.2. The molecule has 6 heteroatoms. The number of nitrogens with zero attached hydrogens (tertiary/aromatic N) is 1. The van der Waals surface area contributed by atoms with Gasteiger partial charge in [0.05, 0.1) is 7.11 Å². The molecular formula is C17H15NO5. The number of methoxy groups -OCH3 is 1. The summed E-state index contributed by atoms with van der Waals surface area (Å²) in [6.45, 7) is 0.158. The number of hydrogen-bond acceptors (Lipinski definition) is 6. The zero-order valence-corrected chi connectivity index (χ0v) is 12.6. The molecular weight excluding hydrogens is 298 g/mol. The molecule has 0 amide bonds. The standard InChI is InChI=1S/C17H15NO5/c1-21-15-3-2-8-18-17(15)13(20)6-5-12(19)11-4-7-14-16(9-11)23-10-22-14/h2-4,7-9H,5-6,10H2,1H3. The maximum Gasteiger partial charge on any atom is 0.231 e. The van der Waals surface area contributed by atoms with Crippen LogP contribution in [0.5, 0.6) is 17.2 Å². The van der Waals surface area contributed by atoms with Gasteiger partial charge >= 0.3 is 0 Å². The highest BCUT2D eigenvalue weighted by Crippen LogP contribution is 2.32. The summed E-state index contributed by atoms with van der Waals surface area (Å²) in [5.74, 6) is 1.22. The van der Waals surface area contributed by atoms with Crippen molar-refractivity contribution in [2.45, 2.75) is 12.8 Å². The second-order valence-corrected chi connectivity index (χ2v) is 4.97. The van der Waals surface area contributed by atoms with Gasteiger partial charge in [0.25, 0.3) is 0 Å². The number of carbonyl (C=O) groups excluding carboxylic acids is 2. The van der Waals surface area contributed by atoms with E-state index in [0.29, 0.717) is 22.8 Å². The molecule has 0 bridgehead atoms. The SMILES string of the molecule is COc1cccnc1C(=O)CCC(=O)c1ccc2c(c1)OCO2. The van der Waals surface area contributed by atoms with Crippen LogP contribution >= 0.6 is 0 Å². The van der Waals surface area contributed by atoms with Crippen LogP contribution in [-0.4, -0.2) is 30.5 Å². The fourth-order valence-corrected chi connectivity index (χ4v) is 2.32. The van der Waals surface area contributed by atoms with E-state index in [9.17, 15) is 9.59 Å². The summed E-state index contributed by atoms with van der Waals surface area (Å²) < 4.78 is 15.6. The molecule has 6 nitrogen and oxygen atoms in total. The van der Waals surface area contributed by atoms with E-state index in [0.717, 1.165) is 0 Å². The van der Waals surface area contributed by atoms with Gasteiger partial charge in [0.15, 0.2) is 23.1 Å². The normalized spacial score (nSPS) is 12.0. The van der Waals surface area contributed by atoms with Crippen LogP contribution in [0.2, 0.25) is 0 Å². The van der Waals surface area contributed by atoms with Crippen molar-refractivity contribution in [1.82, 2.24) is 4.98 Å². The zero-order valence-electron chi connectivity index (χ0n) is 12.6. The maximum absolute atomic E-state index is 12.2. The summed E-state index contributed by atoms with van der Waals surface area (Å²) in [6.07, 6.45) is 1.69. The minimum atomic E-state index is -0.225. The number of fused-ring (bicyclic) bond motifs is 1. The van der Waals surface area contributed by atoms with E-state index in [1.54, 1.807) is 30.3 Å². The van der Waals surface area contributed by atoms with Gasteiger partial charge in [-0.3, -0.25) is 9.59 Å². The lowest BCUT2D eigenvalue weighted by atomic mass is 10.0. The fraction of sp³-hybridized carbons (Fsp3) is 0.235. The number of aromatic nitrogens is 1. The Labute approximate surface area is 133 Å². The molecule has 0 saturated heterocycles. The van der Waals surface area contributed by atoms with Crippen molar-refractivity contribution in [2.75, 3.05) is 13.9 Å². The van der Waals surface area contributed by atoms with E-state index in [2.05, 4.69) is 4.98 Å². The van der Waals surface area contributed by atoms with Crippen LogP contribution < -0.4 is 14.2 Å². The third kappa shape index (κ3) is 3.15. The van der Waals surface area contributed by atoms with Crippen LogP contribution in [0.1, 0.15) is 33.7 Å². The highest BCUT2D eigenvalue weighted by molar-refractivity contribution is 6.02. The molecule has 2 aromatic rings. The number of rotatable bonds is 6. The van der Waals surface area contributed by atoms with E-state index in [1.807, 2.05) is 0 Å². The van der Waals surface area contributed by atoms with E-state index >= 15 is 0 Å². The number of Topliss-reactive ketones (excluding diaryl/α,β-unsaturated/α-hetero) is 2. The number of carbonyl (C=O) groups is 2. The number of hydrogen-bond donors (Lipinski definition) is 0. The molecule has 0 fully saturated rings. The number of ketones is 2. The Bertz CT molecular complexity index is 756. The van der Waals surface area contributed by atoms with Crippen molar-refractivity contribution < 1.29 is 23.8 Å². The lowest BCUT2D eigenvalue weighted by Gasteiger charge is -2.06. The first-order valence-corrected chi connectivity index (χ1v) is 7.14. The van der Waals surface area contributed by atoms with Gasteiger partial charge in [-0.15, -0.1) is 0 Å². The minimum Gasteiger partial charge on any atom is -0.494 e. The lowest BCUT2D eigenvalue weighted by molar-refractivity contribution is 0.0913. The number of ether oxygens (including phenoxy) is 3. The van der Waals surface area contributed by atoms with E-state index in [-0.39, 0.29) is 36.9 Å². The quantitative estimate of drug-likeness (QED) is 0.763. The Morgan fingerprint density at radius 3 is 2.74 bits per heavy atom. The summed E-state index contributed by atoms with van der Waals surface area (Å²) in [6, 6.07) is 8.35. The van der Waals surface area contributed by atoms with Crippen LogP contribution in [0, 0.1) is 0 Å². The highest BCUT2D eigenvalue weighted by Gasteiger charge is 2.18. The Morgan fingerprint density at radius 1 is 1.13 bits per heavy atom. The number of benzene rings is 1. The molecule has 1 aliphatic rings. The van der Waals surface area contributed by atoms with Crippen molar-refractivity contribution in [3.63, 3.8) is 0 Å². The maximum atomic E-state index is 12.2. The minimum absolute atomic E-state index is 0.0701. The predicted molar refractivity (Wildman–Crippen MR) is 81.2 cm³/mol. The Hall–Kier alpha value is -2.89. The molecule has 2 heterocycles. The van der Waals surface area contributed by atoms with Crippen LogP contribution in [0.4, 0.5) is 0 Å². The van der Waals surface area contributed by atoms with Gasteiger partial charge in [-0.2, -0.15) is 0 Å². The van der Waals surface area contributed by atoms with Gasteiger partial charge in [0, 0.05) is 24.6 Å². The van der Waals surface area contributed by atoms with Crippen LogP contribution in [-0.2, 0) is 0 Å². The summed E-state index contributed by atoms with van der Waals surface area (Å²) >= 11 is 0. The topological polar surface area (TPSA) is 74.7 Å². The van der Waals surface area contributed by atoms with Crippen LogP contribution in [0.15, 0.2) is 36.5 Å². The third-order valence-corrected chi connectivity index (χ3v) is 3.53. The van der Waals surface area contributed by atoms with Crippen molar-refractivity contribution in [3.8, 4) is 17.2 Å². The molecule has 0 unspecified atom stereocenters. The summed E-state index contributed by atoms with van der Waals surface area (Å²) in [5.41, 5.74) is 0.739. The predicted octanol–water partition coefficient (Wildman–Crippen LogP) is 2.66. The molecule has 1 aromatic heterocycles. The second kappa shape index (κ2) is 6.48. The molecule has 0 atom stereocenters. The van der Waals surface area contributed by atoms with Crippen molar-refractivity contribution in [2.24, 2.45) is 0 Å². The lowest BCUT2D eigenvalue weighted by Crippen LogP contribution is -2.08. The smallest absolute Gasteiger partial charge is 0.231 e. The molecule has 0 aliphatic carbocycles. The van der Waals surface area contributed by atoms with Crippen molar-refractivity contribution in [3.05, 3.63) is 47.8 Å². The number of pyridine rings is 1. The average molecular weight is 313 g/mol. The third-order valence-electron chi connectivity index (χ3n) is 3.53. The molecule has 23 heavy (non-hydrogen) atoms. The van der Waals surface area contributed by atoms with Gasteiger partial charge in [-0.25, -0.2) is 4.98 Å². The molecule has 0 spiro atoms. The highest BCUT2D eigenvalue weighted by atomic mass is 16.7. The van der Waals surface area contributed by atoms with Crippen LogP contribution in [0.3, 0.4) is 0 Å². The van der Waals surface area contributed by atoms with Crippen LogP contribution in [0.25, 0.3) is 0 Å². The first kappa shape index (κ1) is 15.0. The first-order chi connectivity index (χ1) is 11.2. The molecule has 0 N–H and O–H groups in total. The molecule has 1 aliphatic heterocycles. The van der Waals surface area contributed by atoms with E-state index < -0.39 is 0 Å². The largest absolute Gasteiger partial charge is 0.494 e. The summed E-state index contributed by atoms with van der Waals surface area (Å²) in [5, 5.41) is 0. The fourth-order valence-electron chi connectivity index (χ4n) is 2.32. The molecule has 3 rings (SSSR count). The Balaban J connectivity index is 1.66. The first-order valence-electron chi connectivity index (χ1n) is 7.14. The van der Waals surface area contributed by atoms with Gasteiger partial charge < -0.3 is 14.2 Å². The van der Waals surface area contributed by atoms with Gasteiger partial charge in [0.2, 0.25) is 6.79 Å². The average Bonchev–Trinajstić information content (AvgIpc) is 3.06. The summed E-state index contributed by atoms with van der Waals surface area (Å²) in [4.78, 5) is 28.5. The second-order valence-electron chi connectivity index (χ2n) is 4.97. The molecule has 0 saturated carbocycles. The van der Waals surface area contributed by atoms with E-state index in [4.69, 9.17) is 14.2 Å². The van der Waals surface area contributed by atoms with Crippen molar-refractivity contribution >= 4 is 11.6 Å². The van der Waals surface area contributed by atoms with E-state index in [1.165, 1.54) is 13.3 Å².